The maximum atomic E-state index is 13.2. The molecule has 0 bridgehead atoms. The number of urea groups is 1. The van der Waals surface area contributed by atoms with Gasteiger partial charge >= 0.3 is 6.03 Å². The van der Waals surface area contributed by atoms with E-state index in [0.29, 0.717) is 24.6 Å². The van der Waals surface area contributed by atoms with Gasteiger partial charge in [-0.25, -0.2) is 4.79 Å². The summed E-state index contributed by atoms with van der Waals surface area (Å²) in [6.07, 6.45) is 2.12. The van der Waals surface area contributed by atoms with Gasteiger partial charge in [0.25, 0.3) is 5.91 Å². The lowest BCUT2D eigenvalue weighted by Crippen LogP contribution is -2.40. The molecule has 0 spiro atoms. The van der Waals surface area contributed by atoms with Gasteiger partial charge in [0.1, 0.15) is 0 Å². The van der Waals surface area contributed by atoms with Crippen molar-refractivity contribution in [2.75, 3.05) is 44.6 Å². The van der Waals surface area contributed by atoms with Gasteiger partial charge in [0.15, 0.2) is 0 Å². The number of carbonyl (C=O) groups excluding carboxylic acids is 2. The zero-order valence-corrected chi connectivity index (χ0v) is 21.3. The van der Waals surface area contributed by atoms with Crippen molar-refractivity contribution < 1.29 is 9.59 Å². The van der Waals surface area contributed by atoms with Crippen LogP contribution in [-0.4, -0.2) is 65.9 Å². The molecule has 1 aromatic carbocycles. The second-order valence-corrected chi connectivity index (χ2v) is 9.99. The number of carbonyl (C=O) groups is 2. The van der Waals surface area contributed by atoms with Gasteiger partial charge in [-0.3, -0.25) is 4.79 Å². The van der Waals surface area contributed by atoms with Crippen molar-refractivity contribution in [2.45, 2.75) is 47.1 Å². The molecule has 3 amide bonds. The predicted molar refractivity (Wildman–Crippen MR) is 137 cm³/mol. The van der Waals surface area contributed by atoms with Crippen LogP contribution in [0.25, 0.3) is 0 Å². The molecule has 1 aliphatic rings. The summed E-state index contributed by atoms with van der Waals surface area (Å²) in [7, 11) is 0. The first kappa shape index (κ1) is 25.2. The van der Waals surface area contributed by atoms with Gasteiger partial charge in [-0.1, -0.05) is 26.8 Å². The fraction of sp³-hybridized carbons (Fsp3) is 0.538. The molecule has 33 heavy (non-hydrogen) atoms. The quantitative estimate of drug-likeness (QED) is 0.541. The summed E-state index contributed by atoms with van der Waals surface area (Å²) in [5.41, 5.74) is 2.35. The summed E-state index contributed by atoms with van der Waals surface area (Å²) < 4.78 is 0. The van der Waals surface area contributed by atoms with Crippen LogP contribution < -0.4 is 5.32 Å². The molecule has 1 saturated heterocycles. The Bertz CT molecular complexity index is 903. The largest absolute Gasteiger partial charge is 0.339 e. The summed E-state index contributed by atoms with van der Waals surface area (Å²) in [6.45, 7) is 14.1. The normalized spacial score (nSPS) is 14.5. The number of amides is 3. The van der Waals surface area contributed by atoms with Crippen molar-refractivity contribution in [3.63, 3.8) is 0 Å². The van der Waals surface area contributed by atoms with Gasteiger partial charge in [-0.2, -0.15) is 0 Å². The standard InChI is InChI=1S/C26H38N4O2S/c1-5-28(6-2)15-16-30(19-23-8-7-17-33-23)26(32)27-24-10-9-22(18-21(24)4)25(31)29-13-11-20(3)12-14-29/h7-10,17-18,20H,5-6,11-16,19H2,1-4H3,(H,27,32). The minimum atomic E-state index is -0.109. The van der Waals surface area contributed by atoms with Gasteiger partial charge in [0.05, 0.1) is 6.54 Å². The van der Waals surface area contributed by atoms with E-state index in [4.69, 9.17) is 0 Å². The Morgan fingerprint density at radius 3 is 2.45 bits per heavy atom. The number of hydrogen-bond donors (Lipinski definition) is 1. The first-order chi connectivity index (χ1) is 15.9. The molecule has 180 valence electrons. The lowest BCUT2D eigenvalue weighted by atomic mass is 9.98. The third-order valence-corrected chi connectivity index (χ3v) is 7.44. The lowest BCUT2D eigenvalue weighted by molar-refractivity contribution is 0.0697. The summed E-state index contributed by atoms with van der Waals surface area (Å²) >= 11 is 1.67. The molecule has 7 heteroatoms. The van der Waals surface area contributed by atoms with Crippen LogP contribution in [0.4, 0.5) is 10.5 Å². The summed E-state index contributed by atoms with van der Waals surface area (Å²) in [4.78, 5) is 33.4. The molecule has 0 atom stereocenters. The Balaban J connectivity index is 1.67. The topological polar surface area (TPSA) is 55.9 Å². The molecular weight excluding hydrogens is 432 g/mol. The highest BCUT2D eigenvalue weighted by Gasteiger charge is 2.22. The number of likely N-dealkylation sites (tertiary alicyclic amines) is 1. The van der Waals surface area contributed by atoms with E-state index < -0.39 is 0 Å². The molecule has 6 nitrogen and oxygen atoms in total. The first-order valence-electron chi connectivity index (χ1n) is 12.1. The number of piperidine rings is 1. The lowest BCUT2D eigenvalue weighted by Gasteiger charge is -2.30. The zero-order valence-electron chi connectivity index (χ0n) is 20.5. The van der Waals surface area contributed by atoms with E-state index in [-0.39, 0.29) is 11.9 Å². The van der Waals surface area contributed by atoms with Crippen LogP contribution in [0.3, 0.4) is 0 Å². The number of anilines is 1. The number of aryl methyl sites for hydroxylation is 1. The Morgan fingerprint density at radius 2 is 1.85 bits per heavy atom. The molecular formula is C26H38N4O2S. The van der Waals surface area contributed by atoms with E-state index in [9.17, 15) is 9.59 Å². The number of nitrogens with one attached hydrogen (secondary N) is 1. The second-order valence-electron chi connectivity index (χ2n) is 8.96. The first-order valence-corrected chi connectivity index (χ1v) is 13.0. The van der Waals surface area contributed by atoms with Crippen LogP contribution in [0, 0.1) is 12.8 Å². The Kier molecular flexibility index (Phi) is 9.32. The average Bonchev–Trinajstić information content (AvgIpc) is 3.33. The van der Waals surface area contributed by atoms with Gasteiger partial charge in [0, 0.05) is 42.3 Å². The minimum Gasteiger partial charge on any atom is -0.339 e. The highest BCUT2D eigenvalue weighted by Crippen LogP contribution is 2.22. The van der Waals surface area contributed by atoms with Gasteiger partial charge in [0.2, 0.25) is 0 Å². The number of benzene rings is 1. The molecule has 0 unspecified atom stereocenters. The third kappa shape index (κ3) is 7.05. The van der Waals surface area contributed by atoms with E-state index in [1.165, 1.54) is 4.88 Å². The van der Waals surface area contributed by atoms with Crippen LogP contribution in [0.1, 0.15) is 54.4 Å². The fourth-order valence-corrected chi connectivity index (χ4v) is 4.89. The average molecular weight is 471 g/mol. The maximum Gasteiger partial charge on any atom is 0.322 e. The number of thiophene rings is 1. The molecule has 2 aromatic rings. The summed E-state index contributed by atoms with van der Waals surface area (Å²) in [5, 5.41) is 5.12. The molecule has 1 N–H and O–H groups in total. The van der Waals surface area contributed by atoms with E-state index in [1.54, 1.807) is 11.3 Å². The SMILES string of the molecule is CCN(CC)CCN(Cc1cccs1)C(=O)Nc1ccc(C(=O)N2CCC(C)CC2)cc1C. The smallest absolute Gasteiger partial charge is 0.322 e. The van der Waals surface area contributed by atoms with Crippen LogP contribution >= 0.6 is 11.3 Å². The number of nitrogens with zero attached hydrogens (tertiary/aromatic N) is 3. The fourth-order valence-electron chi connectivity index (χ4n) is 4.17. The van der Waals surface area contributed by atoms with Crippen LogP contribution in [-0.2, 0) is 6.54 Å². The molecule has 0 radical (unpaired) electrons. The van der Waals surface area contributed by atoms with E-state index in [0.717, 1.165) is 56.8 Å². The Labute approximate surface area is 202 Å². The number of hydrogen-bond acceptors (Lipinski definition) is 4. The van der Waals surface area contributed by atoms with Crippen LogP contribution in [0.5, 0.6) is 0 Å². The minimum absolute atomic E-state index is 0.0846. The summed E-state index contributed by atoms with van der Waals surface area (Å²) in [5.74, 6) is 0.772. The zero-order chi connectivity index (χ0) is 23.8. The van der Waals surface area contributed by atoms with Crippen molar-refractivity contribution in [1.82, 2.24) is 14.7 Å². The highest BCUT2D eigenvalue weighted by molar-refractivity contribution is 7.09. The maximum absolute atomic E-state index is 13.2. The van der Waals surface area contributed by atoms with Crippen molar-refractivity contribution in [1.29, 1.82) is 0 Å². The molecule has 1 fully saturated rings. The van der Waals surface area contributed by atoms with E-state index >= 15 is 0 Å². The molecule has 0 aliphatic carbocycles. The Hall–Kier alpha value is -2.38. The van der Waals surface area contributed by atoms with E-state index in [1.807, 2.05) is 46.4 Å². The Morgan fingerprint density at radius 1 is 1.12 bits per heavy atom. The molecule has 1 aromatic heterocycles. The van der Waals surface area contributed by atoms with Gasteiger partial charge in [-0.05, 0) is 74.0 Å². The van der Waals surface area contributed by atoms with E-state index in [2.05, 4.69) is 37.1 Å². The number of likely N-dealkylation sites (N-methyl/N-ethyl adjacent to an activating group) is 1. The van der Waals surface area contributed by atoms with Gasteiger partial charge in [-0.15, -0.1) is 11.3 Å². The third-order valence-electron chi connectivity index (χ3n) is 6.58. The second kappa shape index (κ2) is 12.2. The molecule has 1 aliphatic heterocycles. The summed E-state index contributed by atoms with van der Waals surface area (Å²) in [6, 6.07) is 9.57. The van der Waals surface area contributed by atoms with Crippen molar-refractivity contribution in [3.8, 4) is 0 Å². The van der Waals surface area contributed by atoms with Gasteiger partial charge < -0.3 is 20.0 Å². The monoisotopic (exact) mass is 470 g/mol. The van der Waals surface area contributed by atoms with Crippen LogP contribution in [0.2, 0.25) is 0 Å². The highest BCUT2D eigenvalue weighted by atomic mass is 32.1. The van der Waals surface area contributed by atoms with Crippen molar-refractivity contribution in [3.05, 3.63) is 51.7 Å². The van der Waals surface area contributed by atoms with Crippen LogP contribution in [0.15, 0.2) is 35.7 Å². The molecule has 3 rings (SSSR count). The van der Waals surface area contributed by atoms with Crippen molar-refractivity contribution >= 4 is 29.0 Å². The molecule has 2 heterocycles. The predicted octanol–water partition coefficient (Wildman–Crippen LogP) is 5.30. The van der Waals surface area contributed by atoms with Crippen molar-refractivity contribution in [2.24, 2.45) is 5.92 Å². The molecule has 0 saturated carbocycles. The number of rotatable bonds is 9.